The Morgan fingerprint density at radius 1 is 0.974 bits per heavy atom. The van der Waals surface area contributed by atoms with Crippen molar-refractivity contribution in [1.82, 2.24) is 4.90 Å². The van der Waals surface area contributed by atoms with Gasteiger partial charge in [-0.1, -0.05) is 38.5 Å². The minimum atomic E-state index is -0.772. The predicted molar refractivity (Wildman–Crippen MR) is 151 cm³/mol. The van der Waals surface area contributed by atoms with Gasteiger partial charge in [-0.2, -0.15) is 0 Å². The number of amides is 1. The van der Waals surface area contributed by atoms with Gasteiger partial charge < -0.3 is 14.4 Å². The number of allylic oxidation sites excluding steroid dienone is 3. The average Bonchev–Trinajstić information content (AvgIpc) is 2.92. The van der Waals surface area contributed by atoms with Gasteiger partial charge in [0, 0.05) is 18.9 Å². The largest absolute Gasteiger partial charge is 0.464 e. The van der Waals surface area contributed by atoms with E-state index in [2.05, 4.69) is 26.5 Å². The summed E-state index contributed by atoms with van der Waals surface area (Å²) in [5.41, 5.74) is 1.20. The first-order valence-electron chi connectivity index (χ1n) is 15.1. The fraction of sp³-hybridized carbons (Fsp3) is 0.750. The quantitative estimate of drug-likeness (QED) is 0.256. The molecule has 0 aliphatic carbocycles. The molecule has 3 aliphatic rings. The van der Waals surface area contributed by atoms with E-state index in [1.807, 2.05) is 13.8 Å². The second-order valence-corrected chi connectivity index (χ2v) is 12.4. The molecule has 7 atom stereocenters. The summed E-state index contributed by atoms with van der Waals surface area (Å²) in [4.78, 5) is 54.3. The summed E-state index contributed by atoms with van der Waals surface area (Å²) < 4.78 is 11.9. The highest BCUT2D eigenvalue weighted by Crippen LogP contribution is 2.31. The summed E-state index contributed by atoms with van der Waals surface area (Å²) in [6.45, 7) is 12.6. The van der Waals surface area contributed by atoms with Gasteiger partial charge in [-0.05, 0) is 88.9 Å². The summed E-state index contributed by atoms with van der Waals surface area (Å²) in [7, 11) is 0. The molecule has 0 N–H and O–H groups in total. The zero-order valence-electron chi connectivity index (χ0n) is 24.5. The monoisotopic (exact) mass is 543 g/mol. The van der Waals surface area contributed by atoms with Gasteiger partial charge in [0.25, 0.3) is 5.91 Å². The first-order chi connectivity index (χ1) is 18.6. The molecular weight excluding hydrogens is 494 g/mol. The number of ether oxygens (including phenoxy) is 2. The highest BCUT2D eigenvalue weighted by atomic mass is 16.5. The second-order valence-electron chi connectivity index (χ2n) is 12.4. The number of esters is 1. The molecule has 0 saturated carbocycles. The fourth-order valence-corrected chi connectivity index (χ4v) is 6.21. The maximum absolute atomic E-state index is 13.4. The van der Waals surface area contributed by atoms with E-state index in [-0.39, 0.29) is 36.2 Å². The molecule has 2 bridgehead atoms. The molecule has 0 spiro atoms. The van der Waals surface area contributed by atoms with Gasteiger partial charge in [-0.15, -0.1) is 6.58 Å². The fourth-order valence-electron chi connectivity index (χ4n) is 6.21. The minimum absolute atomic E-state index is 0.00397. The number of hydrogen-bond acceptors (Lipinski definition) is 6. The van der Waals surface area contributed by atoms with Gasteiger partial charge >= 0.3 is 5.97 Å². The number of piperidine rings is 1. The first-order valence-corrected chi connectivity index (χ1v) is 15.1. The highest BCUT2D eigenvalue weighted by Gasteiger charge is 2.42. The lowest BCUT2D eigenvalue weighted by Gasteiger charge is -2.37. The number of carbonyl (C=O) groups is 4. The number of rotatable bonds is 2. The normalized spacial score (nSPS) is 36.2. The molecule has 2 fully saturated rings. The molecule has 1 amide bonds. The summed E-state index contributed by atoms with van der Waals surface area (Å²) >= 11 is 0. The van der Waals surface area contributed by atoms with Gasteiger partial charge in [0.1, 0.15) is 17.9 Å². The van der Waals surface area contributed by atoms with Crippen LogP contribution < -0.4 is 0 Å². The minimum Gasteiger partial charge on any atom is -0.464 e. The molecule has 7 heteroatoms. The molecule has 39 heavy (non-hydrogen) atoms. The van der Waals surface area contributed by atoms with Gasteiger partial charge in [0.15, 0.2) is 0 Å². The van der Waals surface area contributed by atoms with E-state index in [0.29, 0.717) is 38.1 Å². The van der Waals surface area contributed by atoms with Crippen molar-refractivity contribution in [3.63, 3.8) is 0 Å². The molecular formula is C32H49NO6. The van der Waals surface area contributed by atoms with Crippen molar-refractivity contribution in [2.45, 2.75) is 117 Å². The lowest BCUT2D eigenvalue weighted by atomic mass is 9.86. The van der Waals surface area contributed by atoms with Crippen LogP contribution in [0.2, 0.25) is 0 Å². The summed E-state index contributed by atoms with van der Waals surface area (Å²) in [6.07, 6.45) is 11.1. The molecule has 3 aliphatic heterocycles. The van der Waals surface area contributed by atoms with Crippen molar-refractivity contribution in [1.29, 1.82) is 0 Å². The number of hydrogen-bond donors (Lipinski definition) is 0. The van der Waals surface area contributed by atoms with Crippen LogP contribution in [0.5, 0.6) is 0 Å². The second kappa shape index (κ2) is 14.9. The zero-order valence-corrected chi connectivity index (χ0v) is 24.5. The Balaban J connectivity index is 1.81. The van der Waals surface area contributed by atoms with Crippen molar-refractivity contribution >= 4 is 23.4 Å². The van der Waals surface area contributed by atoms with E-state index in [0.717, 1.165) is 44.9 Å². The van der Waals surface area contributed by atoms with Crippen LogP contribution >= 0.6 is 0 Å². The van der Waals surface area contributed by atoms with Crippen LogP contribution in [-0.4, -0.2) is 59.7 Å². The van der Waals surface area contributed by atoms with Crippen molar-refractivity contribution in [2.75, 3.05) is 13.2 Å². The molecule has 7 nitrogen and oxygen atoms in total. The molecule has 7 unspecified atom stereocenters. The molecule has 0 radical (unpaired) electrons. The van der Waals surface area contributed by atoms with Crippen LogP contribution in [0.3, 0.4) is 0 Å². The SMILES string of the molecule is C=CCC1/C=C(/C)CC(C)CCC2CCC(C)C(O2)C(=O)C(=O)N2CCCCC2C(=O)OCC(C)CCC1=O. The Morgan fingerprint density at radius 2 is 1.72 bits per heavy atom. The van der Waals surface area contributed by atoms with Crippen LogP contribution in [0.4, 0.5) is 0 Å². The van der Waals surface area contributed by atoms with Crippen LogP contribution in [0.25, 0.3) is 0 Å². The van der Waals surface area contributed by atoms with Gasteiger partial charge in [-0.3, -0.25) is 14.4 Å². The van der Waals surface area contributed by atoms with Crippen molar-refractivity contribution in [3.8, 4) is 0 Å². The lowest BCUT2D eigenvalue weighted by Crippen LogP contribution is -2.54. The Bertz CT molecular complexity index is 926. The number of carbonyl (C=O) groups excluding carboxylic acids is 4. The topological polar surface area (TPSA) is 90.0 Å². The van der Waals surface area contributed by atoms with Gasteiger partial charge in [-0.25, -0.2) is 4.79 Å². The Labute approximate surface area is 234 Å². The number of fused-ring (bicyclic) bond motifs is 3. The third kappa shape index (κ3) is 8.86. The summed E-state index contributed by atoms with van der Waals surface area (Å²) in [5.74, 6) is -1.26. The van der Waals surface area contributed by atoms with Crippen molar-refractivity contribution in [3.05, 3.63) is 24.3 Å². The molecule has 0 aromatic carbocycles. The lowest BCUT2D eigenvalue weighted by molar-refractivity contribution is -0.166. The van der Waals surface area contributed by atoms with Gasteiger partial charge in [0.2, 0.25) is 5.78 Å². The van der Waals surface area contributed by atoms with E-state index >= 15 is 0 Å². The van der Waals surface area contributed by atoms with E-state index in [1.165, 1.54) is 10.5 Å². The third-order valence-corrected chi connectivity index (χ3v) is 8.67. The van der Waals surface area contributed by atoms with Crippen molar-refractivity contribution < 1.29 is 28.7 Å². The number of ketones is 2. The van der Waals surface area contributed by atoms with Crippen LogP contribution in [-0.2, 0) is 28.7 Å². The predicted octanol–water partition coefficient (Wildman–Crippen LogP) is 5.61. The zero-order chi connectivity index (χ0) is 28.5. The molecule has 218 valence electrons. The summed E-state index contributed by atoms with van der Waals surface area (Å²) in [5, 5.41) is 0. The first kappa shape index (κ1) is 31.3. The van der Waals surface area contributed by atoms with Gasteiger partial charge in [0.05, 0.1) is 12.7 Å². The third-order valence-electron chi connectivity index (χ3n) is 8.67. The summed E-state index contributed by atoms with van der Waals surface area (Å²) in [6, 6.07) is -0.751. The van der Waals surface area contributed by atoms with Crippen LogP contribution in [0.1, 0.15) is 98.3 Å². The molecule has 3 heterocycles. The van der Waals surface area contributed by atoms with E-state index in [1.54, 1.807) is 6.08 Å². The van der Waals surface area contributed by atoms with E-state index in [4.69, 9.17) is 9.47 Å². The Hall–Kier alpha value is -2.28. The smallest absolute Gasteiger partial charge is 0.328 e. The maximum atomic E-state index is 13.4. The molecule has 0 aromatic heterocycles. The maximum Gasteiger partial charge on any atom is 0.328 e. The molecule has 3 rings (SSSR count). The average molecular weight is 544 g/mol. The standard InChI is InChI=1S/C32H49NO6/c1-6-9-25-19-23(4)18-21(2)11-14-26-15-13-24(5)30(39-26)29(35)31(36)33-17-8-7-10-27(33)32(37)38-20-22(3)12-16-28(25)34/h6,19,21-22,24-27,30H,1,7-18,20H2,2-5H3/b23-19-. The number of nitrogens with zero attached hydrogens (tertiary/aromatic N) is 1. The Morgan fingerprint density at radius 3 is 2.46 bits per heavy atom. The van der Waals surface area contributed by atoms with Crippen molar-refractivity contribution in [2.24, 2.45) is 23.7 Å². The molecule has 2 saturated heterocycles. The highest BCUT2D eigenvalue weighted by molar-refractivity contribution is 6.38. The Kier molecular flexibility index (Phi) is 12.0. The number of Topliss-reactive ketones (excluding diaryl/α,β-unsaturated/α-hetero) is 2. The van der Waals surface area contributed by atoms with Crippen LogP contribution in [0, 0.1) is 23.7 Å². The van der Waals surface area contributed by atoms with E-state index < -0.39 is 29.8 Å². The number of cyclic esters (lactones) is 1. The van der Waals surface area contributed by atoms with E-state index in [9.17, 15) is 19.2 Å². The van der Waals surface area contributed by atoms with Crippen LogP contribution in [0.15, 0.2) is 24.3 Å². The molecule has 0 aromatic rings.